The largest absolute Gasteiger partial charge is 0.504 e. The van der Waals surface area contributed by atoms with E-state index in [9.17, 15) is 10.2 Å². The van der Waals surface area contributed by atoms with Crippen LogP contribution in [0.15, 0.2) is 16.6 Å². The molecule has 0 aromatic heterocycles. The number of hydrogen-bond donors (Lipinski definition) is 2. The van der Waals surface area contributed by atoms with Crippen molar-refractivity contribution in [1.82, 2.24) is 0 Å². The summed E-state index contributed by atoms with van der Waals surface area (Å²) < 4.78 is 5.69. The predicted octanol–water partition coefficient (Wildman–Crippen LogP) is 2.22. The lowest BCUT2D eigenvalue weighted by Gasteiger charge is -2.11. The average Bonchev–Trinajstić information content (AvgIpc) is 2.08. The van der Waals surface area contributed by atoms with Gasteiger partial charge in [-0.15, -0.1) is 0 Å². The highest BCUT2D eigenvalue weighted by Crippen LogP contribution is 2.36. The second-order valence-electron chi connectivity index (χ2n) is 2.72. The molecule has 0 spiro atoms. The summed E-state index contributed by atoms with van der Waals surface area (Å²) in [6.45, 7) is 1.58. The Morgan fingerprint density at radius 3 is 2.54 bits per heavy atom. The van der Waals surface area contributed by atoms with Crippen molar-refractivity contribution in [3.8, 4) is 11.5 Å². The summed E-state index contributed by atoms with van der Waals surface area (Å²) in [7, 11) is 1.47. The molecule has 0 fully saturated rings. The van der Waals surface area contributed by atoms with Crippen molar-refractivity contribution >= 4 is 15.9 Å². The molecule has 1 aromatic carbocycles. The molecule has 0 aliphatic rings. The summed E-state index contributed by atoms with van der Waals surface area (Å²) in [5, 5.41) is 18.9. The molecule has 0 saturated heterocycles. The van der Waals surface area contributed by atoms with Gasteiger partial charge >= 0.3 is 0 Å². The topological polar surface area (TPSA) is 49.7 Å². The van der Waals surface area contributed by atoms with Crippen LogP contribution in [0.4, 0.5) is 0 Å². The zero-order valence-corrected chi connectivity index (χ0v) is 9.00. The molecule has 0 bridgehead atoms. The smallest absolute Gasteiger partial charge is 0.163 e. The first-order valence-electron chi connectivity index (χ1n) is 3.80. The Kier molecular flexibility index (Phi) is 3.17. The molecule has 0 aliphatic carbocycles. The van der Waals surface area contributed by atoms with Crippen LogP contribution in [0.2, 0.25) is 0 Å². The zero-order chi connectivity index (χ0) is 10.0. The van der Waals surface area contributed by atoms with Crippen LogP contribution in [0.3, 0.4) is 0 Å². The third-order valence-electron chi connectivity index (χ3n) is 1.74. The van der Waals surface area contributed by atoms with Crippen LogP contribution >= 0.6 is 15.9 Å². The highest BCUT2D eigenvalue weighted by Gasteiger charge is 2.13. The molecule has 1 rings (SSSR count). The number of ether oxygens (including phenoxy) is 1. The summed E-state index contributed by atoms with van der Waals surface area (Å²) in [5.74, 6) is 0.339. The number of hydrogen-bond acceptors (Lipinski definition) is 3. The first kappa shape index (κ1) is 10.3. The van der Waals surface area contributed by atoms with E-state index in [4.69, 9.17) is 4.74 Å². The Labute approximate surface area is 85.1 Å². The molecule has 1 aromatic rings. The number of halogens is 1. The molecule has 2 N–H and O–H groups in total. The predicted molar refractivity (Wildman–Crippen MR) is 53.0 cm³/mol. The van der Waals surface area contributed by atoms with Crippen LogP contribution in [0.25, 0.3) is 0 Å². The molecule has 0 amide bonds. The minimum absolute atomic E-state index is 0.0132. The number of phenolic OH excluding ortho intramolecular Hbond substituents is 1. The Hall–Kier alpha value is -0.740. The minimum atomic E-state index is -0.716. The number of methoxy groups -OCH3 is 1. The third-order valence-corrected chi connectivity index (χ3v) is 2.20. The molecule has 13 heavy (non-hydrogen) atoms. The van der Waals surface area contributed by atoms with Crippen molar-refractivity contribution in [2.24, 2.45) is 0 Å². The Bertz CT molecular complexity index is 310. The second-order valence-corrected chi connectivity index (χ2v) is 3.64. The molecule has 1 atom stereocenters. The summed E-state index contributed by atoms with van der Waals surface area (Å²) in [6, 6.07) is 3.30. The van der Waals surface area contributed by atoms with E-state index in [0.717, 1.165) is 4.47 Å². The molecule has 0 saturated carbocycles. The SMILES string of the molecule is COc1cc(Br)cc([C@H](C)O)c1O. The lowest BCUT2D eigenvalue weighted by Crippen LogP contribution is -1.94. The lowest BCUT2D eigenvalue weighted by atomic mass is 10.1. The van der Waals surface area contributed by atoms with Gasteiger partial charge in [0.15, 0.2) is 11.5 Å². The van der Waals surface area contributed by atoms with Gasteiger partial charge in [-0.05, 0) is 19.1 Å². The fraction of sp³-hybridized carbons (Fsp3) is 0.333. The number of rotatable bonds is 2. The fourth-order valence-corrected chi connectivity index (χ4v) is 1.52. The van der Waals surface area contributed by atoms with E-state index < -0.39 is 6.10 Å². The van der Waals surface area contributed by atoms with Crippen LogP contribution < -0.4 is 4.74 Å². The first-order chi connectivity index (χ1) is 6.06. The second kappa shape index (κ2) is 3.98. The Morgan fingerprint density at radius 1 is 1.46 bits per heavy atom. The van der Waals surface area contributed by atoms with Crippen LogP contribution in [-0.4, -0.2) is 17.3 Å². The van der Waals surface area contributed by atoms with E-state index in [2.05, 4.69) is 15.9 Å². The maximum absolute atomic E-state index is 9.58. The number of phenols is 1. The fourth-order valence-electron chi connectivity index (χ4n) is 1.07. The van der Waals surface area contributed by atoms with E-state index in [0.29, 0.717) is 11.3 Å². The average molecular weight is 247 g/mol. The van der Waals surface area contributed by atoms with Crippen molar-refractivity contribution in [2.75, 3.05) is 7.11 Å². The molecular formula is C9H11BrO3. The highest BCUT2D eigenvalue weighted by molar-refractivity contribution is 9.10. The summed E-state index contributed by atoms with van der Waals surface area (Å²) in [5.41, 5.74) is 0.450. The molecule has 0 aliphatic heterocycles. The van der Waals surface area contributed by atoms with E-state index in [1.165, 1.54) is 7.11 Å². The van der Waals surface area contributed by atoms with Gasteiger partial charge in [-0.3, -0.25) is 0 Å². The maximum Gasteiger partial charge on any atom is 0.163 e. The van der Waals surface area contributed by atoms with Gasteiger partial charge in [0.25, 0.3) is 0 Å². The van der Waals surface area contributed by atoms with E-state index in [-0.39, 0.29) is 5.75 Å². The van der Waals surface area contributed by atoms with Crippen LogP contribution in [0, 0.1) is 0 Å². The molecule has 0 unspecified atom stereocenters. The zero-order valence-electron chi connectivity index (χ0n) is 7.41. The van der Waals surface area contributed by atoms with Crippen molar-refractivity contribution in [1.29, 1.82) is 0 Å². The maximum atomic E-state index is 9.58. The Morgan fingerprint density at radius 2 is 2.08 bits per heavy atom. The van der Waals surface area contributed by atoms with Gasteiger partial charge in [-0.2, -0.15) is 0 Å². The molecule has 0 heterocycles. The van der Waals surface area contributed by atoms with Crippen molar-refractivity contribution in [3.63, 3.8) is 0 Å². The molecular weight excluding hydrogens is 236 g/mol. The highest BCUT2D eigenvalue weighted by atomic mass is 79.9. The van der Waals surface area contributed by atoms with Gasteiger partial charge in [-0.1, -0.05) is 15.9 Å². The molecule has 4 heteroatoms. The van der Waals surface area contributed by atoms with E-state index in [1.807, 2.05) is 0 Å². The number of benzene rings is 1. The van der Waals surface area contributed by atoms with Gasteiger partial charge in [0.2, 0.25) is 0 Å². The van der Waals surface area contributed by atoms with Crippen molar-refractivity contribution in [3.05, 3.63) is 22.2 Å². The summed E-state index contributed by atoms with van der Waals surface area (Å²) in [6.07, 6.45) is -0.716. The summed E-state index contributed by atoms with van der Waals surface area (Å²) >= 11 is 3.25. The first-order valence-corrected chi connectivity index (χ1v) is 4.60. The van der Waals surface area contributed by atoms with Gasteiger partial charge in [0.05, 0.1) is 13.2 Å². The quantitative estimate of drug-likeness (QED) is 0.842. The van der Waals surface area contributed by atoms with Crippen LogP contribution in [-0.2, 0) is 0 Å². The van der Waals surface area contributed by atoms with Crippen LogP contribution in [0.1, 0.15) is 18.6 Å². The van der Waals surface area contributed by atoms with Gasteiger partial charge in [0, 0.05) is 10.0 Å². The minimum Gasteiger partial charge on any atom is -0.504 e. The van der Waals surface area contributed by atoms with Gasteiger partial charge in [-0.25, -0.2) is 0 Å². The molecule has 3 nitrogen and oxygen atoms in total. The van der Waals surface area contributed by atoms with E-state index in [1.54, 1.807) is 19.1 Å². The number of aliphatic hydroxyl groups is 1. The standard InChI is InChI=1S/C9H11BrO3/c1-5(11)7-3-6(10)4-8(13-2)9(7)12/h3-5,11-12H,1-2H3/t5-/m0/s1. The molecule has 0 radical (unpaired) electrons. The van der Waals surface area contributed by atoms with Crippen LogP contribution in [0.5, 0.6) is 11.5 Å². The third kappa shape index (κ3) is 2.14. The normalized spacial score (nSPS) is 12.6. The lowest BCUT2D eigenvalue weighted by molar-refractivity contribution is 0.193. The molecule has 72 valence electrons. The van der Waals surface area contributed by atoms with E-state index >= 15 is 0 Å². The van der Waals surface area contributed by atoms with Gasteiger partial charge < -0.3 is 14.9 Å². The summed E-state index contributed by atoms with van der Waals surface area (Å²) in [4.78, 5) is 0. The van der Waals surface area contributed by atoms with Crippen molar-refractivity contribution < 1.29 is 14.9 Å². The Balaban J connectivity index is 3.27. The number of aromatic hydroxyl groups is 1. The number of aliphatic hydroxyl groups excluding tert-OH is 1. The monoisotopic (exact) mass is 246 g/mol. The van der Waals surface area contributed by atoms with Crippen molar-refractivity contribution in [2.45, 2.75) is 13.0 Å². The van der Waals surface area contributed by atoms with Gasteiger partial charge in [0.1, 0.15) is 0 Å².